The Labute approximate surface area is 109 Å². The molecule has 2 rings (SSSR count). The zero-order chi connectivity index (χ0) is 14.0. The average molecular weight is 267 g/mol. The second-order valence-corrected chi connectivity index (χ2v) is 4.57. The van der Waals surface area contributed by atoms with Crippen LogP contribution in [0.2, 0.25) is 0 Å². The number of amides is 1. The molecule has 1 fully saturated rings. The minimum atomic E-state index is -0.844. The van der Waals surface area contributed by atoms with Crippen molar-refractivity contribution < 1.29 is 14.1 Å². The van der Waals surface area contributed by atoms with Crippen molar-refractivity contribution >= 4 is 11.6 Å². The summed E-state index contributed by atoms with van der Waals surface area (Å²) in [5.74, 6) is -0.823. The number of rotatable bonds is 3. The van der Waals surface area contributed by atoms with Crippen LogP contribution in [0.4, 0.5) is 10.1 Å². The second-order valence-electron chi connectivity index (χ2n) is 4.57. The molecule has 0 N–H and O–H groups in total. The van der Waals surface area contributed by atoms with Gasteiger partial charge in [-0.15, -0.1) is 0 Å². The number of carbonyl (C=O) groups excluding carboxylic acids is 1. The number of halogens is 1. The van der Waals surface area contributed by atoms with Crippen LogP contribution < -0.4 is 0 Å². The topological polar surface area (TPSA) is 66.7 Å². The van der Waals surface area contributed by atoms with Gasteiger partial charge in [0.05, 0.1) is 11.5 Å². The van der Waals surface area contributed by atoms with Gasteiger partial charge in [-0.2, -0.15) is 4.39 Å². The van der Waals surface area contributed by atoms with Crippen molar-refractivity contribution in [2.24, 2.45) is 0 Å². The molecular weight excluding hydrogens is 253 g/mol. The van der Waals surface area contributed by atoms with Crippen molar-refractivity contribution in [3.05, 3.63) is 39.7 Å². The molecule has 0 spiro atoms. The highest BCUT2D eigenvalue weighted by atomic mass is 19.1. The fourth-order valence-corrected chi connectivity index (χ4v) is 2.00. The number of nitro benzene ring substituents is 1. The number of benzene rings is 1. The van der Waals surface area contributed by atoms with Gasteiger partial charge in [-0.25, -0.2) is 0 Å². The number of piperazine rings is 1. The summed E-state index contributed by atoms with van der Waals surface area (Å²) < 4.78 is 13.5. The first-order valence-corrected chi connectivity index (χ1v) is 5.86. The van der Waals surface area contributed by atoms with E-state index in [-0.39, 0.29) is 12.5 Å². The molecule has 102 valence electrons. The smallest absolute Gasteiger partial charge is 0.304 e. The van der Waals surface area contributed by atoms with Crippen molar-refractivity contribution in [3.63, 3.8) is 0 Å². The quantitative estimate of drug-likeness (QED) is 0.605. The molecule has 1 amide bonds. The molecule has 1 saturated heterocycles. The van der Waals surface area contributed by atoms with Gasteiger partial charge >= 0.3 is 5.69 Å². The van der Waals surface area contributed by atoms with Crippen LogP contribution in [0, 0.1) is 15.9 Å². The lowest BCUT2D eigenvalue weighted by Crippen LogP contribution is -2.47. The van der Waals surface area contributed by atoms with Gasteiger partial charge in [0.2, 0.25) is 11.7 Å². The second kappa shape index (κ2) is 5.31. The Bertz CT molecular complexity index is 521. The van der Waals surface area contributed by atoms with E-state index in [0.717, 1.165) is 12.1 Å². The highest BCUT2D eigenvalue weighted by molar-refractivity contribution is 5.78. The summed E-state index contributed by atoms with van der Waals surface area (Å²) in [6.45, 7) is 2.04. The molecule has 1 aliphatic rings. The van der Waals surface area contributed by atoms with E-state index in [9.17, 15) is 19.3 Å². The molecule has 6 nitrogen and oxygen atoms in total. The third kappa shape index (κ3) is 3.05. The number of carbonyl (C=O) groups is 1. The summed E-state index contributed by atoms with van der Waals surface area (Å²) >= 11 is 0. The highest BCUT2D eigenvalue weighted by Crippen LogP contribution is 2.19. The predicted octanol–water partition coefficient (Wildman–Crippen LogP) is 1.01. The molecule has 0 radical (unpaired) electrons. The highest BCUT2D eigenvalue weighted by Gasteiger charge is 2.21. The Kier molecular flexibility index (Phi) is 3.75. The van der Waals surface area contributed by atoms with Gasteiger partial charge in [0, 0.05) is 32.7 Å². The molecule has 19 heavy (non-hydrogen) atoms. The number of hydrogen-bond donors (Lipinski definition) is 0. The Morgan fingerprint density at radius 2 is 2.16 bits per heavy atom. The molecule has 1 heterocycles. The molecule has 0 unspecified atom stereocenters. The fraction of sp³-hybridized carbons (Fsp3) is 0.417. The first-order chi connectivity index (χ1) is 8.97. The molecule has 7 heteroatoms. The van der Waals surface area contributed by atoms with Crippen molar-refractivity contribution in [1.29, 1.82) is 0 Å². The number of nitrogens with zero attached hydrogens (tertiary/aromatic N) is 3. The summed E-state index contributed by atoms with van der Waals surface area (Å²) in [5.41, 5.74) is 0.0960. The van der Waals surface area contributed by atoms with Gasteiger partial charge in [-0.05, 0) is 11.6 Å². The van der Waals surface area contributed by atoms with E-state index in [0.29, 0.717) is 25.2 Å². The third-order valence-corrected chi connectivity index (χ3v) is 3.15. The van der Waals surface area contributed by atoms with Crippen LogP contribution in [-0.2, 0) is 11.3 Å². The van der Waals surface area contributed by atoms with Crippen LogP contribution in [0.5, 0.6) is 0 Å². The van der Waals surface area contributed by atoms with Crippen molar-refractivity contribution in [2.45, 2.75) is 6.54 Å². The fourth-order valence-electron chi connectivity index (χ4n) is 2.00. The molecule has 0 bridgehead atoms. The van der Waals surface area contributed by atoms with Crippen molar-refractivity contribution in [1.82, 2.24) is 9.80 Å². The first kappa shape index (κ1) is 13.4. The van der Waals surface area contributed by atoms with Crippen LogP contribution >= 0.6 is 0 Å². The summed E-state index contributed by atoms with van der Waals surface area (Å²) in [4.78, 5) is 24.8. The Morgan fingerprint density at radius 1 is 1.42 bits per heavy atom. The maximum Gasteiger partial charge on any atom is 0.304 e. The lowest BCUT2D eigenvalue weighted by molar-refractivity contribution is -0.387. The zero-order valence-corrected chi connectivity index (χ0v) is 10.5. The number of likely N-dealkylation sites (N-methyl/N-ethyl adjacent to an activating group) is 1. The van der Waals surface area contributed by atoms with E-state index in [2.05, 4.69) is 0 Å². The van der Waals surface area contributed by atoms with E-state index in [1.54, 1.807) is 11.9 Å². The number of hydrogen-bond acceptors (Lipinski definition) is 4. The summed E-state index contributed by atoms with van der Waals surface area (Å²) in [5, 5.41) is 10.5. The van der Waals surface area contributed by atoms with Gasteiger partial charge in [0.15, 0.2) is 0 Å². The predicted molar refractivity (Wildman–Crippen MR) is 66.0 cm³/mol. The van der Waals surface area contributed by atoms with Gasteiger partial charge in [0.25, 0.3) is 0 Å². The largest absolute Gasteiger partial charge is 0.343 e. The Hall–Kier alpha value is -2.02. The van der Waals surface area contributed by atoms with E-state index >= 15 is 0 Å². The normalized spacial score (nSPS) is 16.7. The minimum absolute atomic E-state index is 0.0219. The standard InChI is InChI=1S/C12H14FN3O3/c1-14-4-5-15(8-12(14)17)7-9-2-3-11(16(18)19)10(13)6-9/h2-3,6H,4-5,7-8H2,1H3. The van der Waals surface area contributed by atoms with Gasteiger partial charge in [-0.3, -0.25) is 19.8 Å². The molecule has 0 saturated carbocycles. The molecule has 0 atom stereocenters. The lowest BCUT2D eigenvalue weighted by Gasteiger charge is -2.31. The first-order valence-electron chi connectivity index (χ1n) is 5.86. The van der Waals surface area contributed by atoms with E-state index < -0.39 is 16.4 Å². The van der Waals surface area contributed by atoms with Crippen molar-refractivity contribution in [3.8, 4) is 0 Å². The minimum Gasteiger partial charge on any atom is -0.343 e. The van der Waals surface area contributed by atoms with Gasteiger partial charge in [0.1, 0.15) is 0 Å². The van der Waals surface area contributed by atoms with Crippen LogP contribution in [0.1, 0.15) is 5.56 Å². The summed E-state index contributed by atoms with van der Waals surface area (Å²) in [7, 11) is 1.74. The van der Waals surface area contributed by atoms with E-state index in [1.807, 2.05) is 4.90 Å². The van der Waals surface area contributed by atoms with E-state index in [1.165, 1.54) is 6.07 Å². The van der Waals surface area contributed by atoms with Crippen LogP contribution in [0.3, 0.4) is 0 Å². The zero-order valence-electron chi connectivity index (χ0n) is 10.5. The monoisotopic (exact) mass is 267 g/mol. The molecule has 1 aromatic carbocycles. The maximum absolute atomic E-state index is 13.5. The molecule has 1 aromatic rings. The molecule has 1 aliphatic heterocycles. The van der Waals surface area contributed by atoms with Crippen LogP contribution in [0.15, 0.2) is 18.2 Å². The Morgan fingerprint density at radius 3 is 2.74 bits per heavy atom. The molecule has 0 aromatic heterocycles. The van der Waals surface area contributed by atoms with E-state index in [4.69, 9.17) is 0 Å². The van der Waals surface area contributed by atoms with Gasteiger partial charge < -0.3 is 4.90 Å². The van der Waals surface area contributed by atoms with Crippen LogP contribution in [0.25, 0.3) is 0 Å². The average Bonchev–Trinajstić information content (AvgIpc) is 2.33. The summed E-state index contributed by atoms with van der Waals surface area (Å²) in [6, 6.07) is 3.83. The van der Waals surface area contributed by atoms with Crippen LogP contribution in [-0.4, -0.2) is 47.3 Å². The lowest BCUT2D eigenvalue weighted by atomic mass is 10.1. The van der Waals surface area contributed by atoms with Crippen molar-refractivity contribution in [2.75, 3.05) is 26.7 Å². The maximum atomic E-state index is 13.5. The Balaban J connectivity index is 2.06. The SMILES string of the molecule is CN1CCN(Cc2ccc([N+](=O)[O-])c(F)c2)CC1=O. The molecule has 0 aliphatic carbocycles. The van der Waals surface area contributed by atoms with Gasteiger partial charge in [-0.1, -0.05) is 6.07 Å². The summed E-state index contributed by atoms with van der Waals surface area (Å²) in [6.07, 6.45) is 0. The third-order valence-electron chi connectivity index (χ3n) is 3.15. The molecular formula is C12H14FN3O3. The number of nitro groups is 1.